The van der Waals surface area contributed by atoms with Gasteiger partial charge in [-0.2, -0.15) is 0 Å². The van der Waals surface area contributed by atoms with Crippen molar-refractivity contribution >= 4 is 13.1 Å². The number of hydrogen-bond donors (Lipinski definition) is 0. The molecule has 0 saturated carbocycles. The zero-order valence-corrected chi connectivity index (χ0v) is 9.66. The average molecular weight is 182 g/mol. The molecule has 0 aliphatic carbocycles. The van der Waals surface area contributed by atoms with Crippen LogP contribution in [0.2, 0.25) is 0 Å². The van der Waals surface area contributed by atoms with E-state index in [0.717, 1.165) is 0 Å². The lowest BCUT2D eigenvalue weighted by molar-refractivity contribution is -0.115. The minimum atomic E-state index is 0.0972. The van der Waals surface area contributed by atoms with Gasteiger partial charge in [0, 0.05) is 5.92 Å². The monoisotopic (exact) mass is 182 g/mol. The molecule has 0 aromatic rings. The van der Waals surface area contributed by atoms with Crippen LogP contribution in [0, 0.1) is 5.92 Å². The van der Waals surface area contributed by atoms with E-state index >= 15 is 0 Å². The molecule has 0 heterocycles. The van der Waals surface area contributed by atoms with Crippen LogP contribution in [0.3, 0.4) is 0 Å². The van der Waals surface area contributed by atoms with Gasteiger partial charge in [-0.05, 0) is 12.1 Å². The smallest absolute Gasteiger partial charge is 0.298 e. The van der Waals surface area contributed by atoms with Gasteiger partial charge >= 0.3 is 0 Å². The van der Waals surface area contributed by atoms with E-state index < -0.39 is 0 Å². The third-order valence-electron chi connectivity index (χ3n) is 2.04. The van der Waals surface area contributed by atoms with Gasteiger partial charge in [0.15, 0.2) is 0 Å². The molecule has 1 radical (unpaired) electrons. The van der Waals surface area contributed by atoms with Crippen molar-refractivity contribution in [3.8, 4) is 0 Å². The second-order valence-electron chi connectivity index (χ2n) is 4.32. The summed E-state index contributed by atoms with van der Waals surface area (Å²) in [6, 6.07) is 0.783. The molecule has 0 bridgehead atoms. The molecule has 0 spiro atoms. The first-order valence-corrected chi connectivity index (χ1v) is 5.02. The second kappa shape index (κ2) is 5.43. The molecule has 0 aromatic heterocycles. The van der Waals surface area contributed by atoms with Crippen molar-refractivity contribution in [2.75, 3.05) is 0 Å². The van der Waals surface area contributed by atoms with Crippen LogP contribution in [0.15, 0.2) is 0 Å². The van der Waals surface area contributed by atoms with Crippen molar-refractivity contribution in [3.63, 3.8) is 0 Å². The average Bonchev–Trinajstić information content (AvgIpc) is 1.97. The van der Waals surface area contributed by atoms with Crippen LogP contribution < -0.4 is 0 Å². The summed E-state index contributed by atoms with van der Waals surface area (Å²) in [4.78, 5) is 13.6. The molecule has 13 heavy (non-hydrogen) atoms. The predicted molar refractivity (Wildman–Crippen MR) is 57.7 cm³/mol. The fourth-order valence-electron chi connectivity index (χ4n) is 1.19. The van der Waals surface area contributed by atoms with Crippen molar-refractivity contribution < 1.29 is 4.79 Å². The maximum Gasteiger partial charge on any atom is 0.298 e. The lowest BCUT2D eigenvalue weighted by Gasteiger charge is -2.29. The van der Waals surface area contributed by atoms with Gasteiger partial charge in [-0.3, -0.25) is 0 Å². The lowest BCUT2D eigenvalue weighted by Crippen LogP contribution is -2.44. The number of rotatable bonds is 5. The summed E-state index contributed by atoms with van der Waals surface area (Å²) in [5, 5.41) is 0. The Bertz CT molecular complexity index is 158. The molecule has 3 heteroatoms. The van der Waals surface area contributed by atoms with E-state index in [-0.39, 0.29) is 11.6 Å². The van der Waals surface area contributed by atoms with Crippen molar-refractivity contribution in [2.45, 2.75) is 53.6 Å². The summed E-state index contributed by atoms with van der Waals surface area (Å²) in [6.07, 6.45) is 0. The summed E-state index contributed by atoms with van der Waals surface area (Å²) < 4.78 is 0. The molecule has 0 saturated heterocycles. The number of nitrogens with zero attached hydrogens (tertiary/aromatic N) is 1. The third kappa shape index (κ3) is 4.46. The van der Waals surface area contributed by atoms with Crippen LogP contribution in [0.5, 0.6) is 0 Å². The molecule has 2 nitrogen and oxygen atoms in total. The summed E-state index contributed by atoms with van der Waals surface area (Å²) in [5.41, 5.74) is 0.211. The standard InChI is InChI=1S/C10H21BNO/c1-7(2)10(13)11-12(8(3)4)9(5)6/h7-9H,1-6H3. The highest BCUT2D eigenvalue weighted by molar-refractivity contribution is 6.72. The molecular weight excluding hydrogens is 161 g/mol. The zero-order chi connectivity index (χ0) is 10.6. The third-order valence-corrected chi connectivity index (χ3v) is 2.04. The van der Waals surface area contributed by atoms with Crippen molar-refractivity contribution in [1.29, 1.82) is 0 Å². The van der Waals surface area contributed by atoms with Crippen LogP contribution >= 0.6 is 0 Å². The quantitative estimate of drug-likeness (QED) is 0.605. The first kappa shape index (κ1) is 12.7. The van der Waals surface area contributed by atoms with E-state index in [1.165, 1.54) is 0 Å². The first-order chi connectivity index (χ1) is 5.86. The number of hydrogen-bond acceptors (Lipinski definition) is 2. The fraction of sp³-hybridized carbons (Fsp3) is 0.900. The van der Waals surface area contributed by atoms with E-state index in [1.54, 1.807) is 7.41 Å². The Morgan fingerprint density at radius 1 is 1.00 bits per heavy atom. The van der Waals surface area contributed by atoms with Crippen LogP contribution in [0.4, 0.5) is 0 Å². The van der Waals surface area contributed by atoms with Crippen LogP contribution in [-0.2, 0) is 4.79 Å². The molecule has 0 unspecified atom stereocenters. The molecular formula is C10H21BNO. The summed E-state index contributed by atoms with van der Waals surface area (Å²) in [7, 11) is 1.75. The highest BCUT2D eigenvalue weighted by Gasteiger charge is 2.20. The van der Waals surface area contributed by atoms with Gasteiger partial charge in [-0.25, -0.2) is 0 Å². The van der Waals surface area contributed by atoms with E-state index in [2.05, 4.69) is 32.5 Å². The Labute approximate surface area is 83.0 Å². The van der Waals surface area contributed by atoms with Gasteiger partial charge in [-0.1, -0.05) is 41.5 Å². The van der Waals surface area contributed by atoms with Gasteiger partial charge < -0.3 is 9.61 Å². The lowest BCUT2D eigenvalue weighted by atomic mass is 9.76. The second-order valence-corrected chi connectivity index (χ2v) is 4.32. The van der Waals surface area contributed by atoms with Crippen LogP contribution in [0.25, 0.3) is 0 Å². The van der Waals surface area contributed by atoms with Gasteiger partial charge in [0.1, 0.15) is 5.68 Å². The molecule has 0 aliphatic rings. The van der Waals surface area contributed by atoms with Crippen molar-refractivity contribution in [2.24, 2.45) is 5.92 Å². The molecule has 0 aromatic carbocycles. The molecule has 0 N–H and O–H groups in total. The fourth-order valence-corrected chi connectivity index (χ4v) is 1.19. The largest absolute Gasteiger partial charge is 0.335 e. The minimum absolute atomic E-state index is 0.0972. The summed E-state index contributed by atoms with van der Waals surface area (Å²) in [6.45, 7) is 12.3. The molecule has 0 atom stereocenters. The summed E-state index contributed by atoms with van der Waals surface area (Å²) in [5.74, 6) is 0.0972. The van der Waals surface area contributed by atoms with Crippen molar-refractivity contribution in [1.82, 2.24) is 4.81 Å². The van der Waals surface area contributed by atoms with Crippen molar-refractivity contribution in [3.05, 3.63) is 0 Å². The first-order valence-electron chi connectivity index (χ1n) is 5.02. The van der Waals surface area contributed by atoms with Crippen LogP contribution in [-0.4, -0.2) is 30.0 Å². The van der Waals surface area contributed by atoms with E-state index in [0.29, 0.717) is 12.1 Å². The number of carbonyl (C=O) groups excluding carboxylic acids is 1. The molecule has 0 amide bonds. The Balaban J connectivity index is 4.19. The maximum atomic E-state index is 11.5. The normalized spacial score (nSPS) is 11.8. The molecule has 0 rings (SSSR count). The highest BCUT2D eigenvalue weighted by Crippen LogP contribution is 2.05. The van der Waals surface area contributed by atoms with E-state index in [4.69, 9.17) is 0 Å². The van der Waals surface area contributed by atoms with Gasteiger partial charge in [-0.15, -0.1) is 0 Å². The molecule has 0 fully saturated rings. The van der Waals surface area contributed by atoms with E-state index in [9.17, 15) is 4.79 Å². The molecule has 0 aliphatic heterocycles. The Hall–Kier alpha value is -0.305. The predicted octanol–water partition coefficient (Wildman–Crippen LogP) is 1.91. The number of carbonyl (C=O) groups is 1. The minimum Gasteiger partial charge on any atom is -0.335 e. The van der Waals surface area contributed by atoms with Gasteiger partial charge in [0.05, 0.1) is 0 Å². The Morgan fingerprint density at radius 3 is 1.62 bits per heavy atom. The summed E-state index contributed by atoms with van der Waals surface area (Å²) >= 11 is 0. The zero-order valence-electron chi connectivity index (χ0n) is 9.66. The molecule has 75 valence electrons. The Morgan fingerprint density at radius 2 is 1.38 bits per heavy atom. The highest BCUT2D eigenvalue weighted by atomic mass is 16.1. The van der Waals surface area contributed by atoms with E-state index in [1.807, 2.05) is 13.8 Å². The van der Waals surface area contributed by atoms with Gasteiger partial charge in [0.2, 0.25) is 0 Å². The Kier molecular flexibility index (Phi) is 5.30. The van der Waals surface area contributed by atoms with Gasteiger partial charge in [0.25, 0.3) is 7.41 Å². The maximum absolute atomic E-state index is 11.5. The van der Waals surface area contributed by atoms with Crippen LogP contribution in [0.1, 0.15) is 41.5 Å². The SMILES string of the molecule is CC(C)C(=O)[B]N(C(C)C)C(C)C. The topological polar surface area (TPSA) is 20.3 Å².